The molecule has 2 heterocycles. The van der Waals surface area contributed by atoms with Crippen molar-refractivity contribution >= 4 is 69.7 Å². The zero-order valence-corrected chi connectivity index (χ0v) is 43.4. The smallest absolute Gasteiger partial charge is 0.434 e. The molecule has 68 heavy (non-hydrogen) atoms. The van der Waals surface area contributed by atoms with E-state index in [1.54, 1.807) is 45.2 Å². The highest BCUT2D eigenvalue weighted by Gasteiger charge is 2.42. The molecule has 0 bridgehead atoms. The lowest BCUT2D eigenvalue weighted by Crippen LogP contribution is -2.45. The van der Waals surface area contributed by atoms with Crippen LogP contribution in [0.25, 0.3) is 11.3 Å². The third kappa shape index (κ3) is 18.8. The fourth-order valence-corrected chi connectivity index (χ4v) is 7.36. The Labute approximate surface area is 408 Å². The number of anilines is 1. The van der Waals surface area contributed by atoms with Crippen molar-refractivity contribution in [1.29, 1.82) is 0 Å². The molecule has 378 valence electrons. The average Bonchev–Trinajstić information content (AvgIpc) is 3.50. The molecule has 3 aromatic carbocycles. The Morgan fingerprint density at radius 1 is 1.07 bits per heavy atom. The number of benzene rings is 3. The van der Waals surface area contributed by atoms with Gasteiger partial charge in [0.1, 0.15) is 36.4 Å². The number of aromatic nitrogens is 2. The van der Waals surface area contributed by atoms with Gasteiger partial charge in [0, 0.05) is 57.4 Å². The number of nitrogens with one attached hydrogen (secondary N) is 2. The first kappa shape index (κ1) is 59.7. The molecule has 4 aromatic rings. The van der Waals surface area contributed by atoms with Crippen molar-refractivity contribution in [2.24, 2.45) is 7.05 Å². The molecule has 0 radical (unpaired) electrons. The van der Waals surface area contributed by atoms with Gasteiger partial charge in [-0.2, -0.15) is 18.3 Å². The number of methoxy groups -OCH3 is 1. The Bertz CT molecular complexity index is 2410. The van der Waals surface area contributed by atoms with Crippen LogP contribution < -0.4 is 25.0 Å². The number of carboxylic acids is 1. The van der Waals surface area contributed by atoms with E-state index in [1.165, 1.54) is 14.2 Å². The Balaban J connectivity index is 0.000000368. The molecule has 2 amide bonds. The maximum Gasteiger partial charge on any atom is 0.434 e. The highest BCUT2D eigenvalue weighted by Crippen LogP contribution is 2.47. The quantitative estimate of drug-likeness (QED) is 0.0342. The minimum Gasteiger partial charge on any atom is -0.778 e. The Hall–Kier alpha value is -4.45. The summed E-state index contributed by atoms with van der Waals surface area (Å²) in [7, 11) is 1.99. The molecule has 4 N–H and O–H groups in total. The molecule has 0 fully saturated rings. The number of alkyl halides is 3. The standard InChI is InChI=1S/C22H28N2O5.C15H12BrClF4N2O2.C3H8NO5P.C3H9S/c1-21(2)14-22(3,26-5)29-19-13-17(11-12-18(19)21)28-16-9-7-15(8-10-16)23-20(25)24(4)27-6;1-6(2)25-14(24)7-4-8(10(18)5-9(7)17)12-11(16)13(15(19,20)21)23(3)22-12;5-3(6)1-4-2-10(7,8)9;1-4(2)3/h7-13H,14H2,1-6H3,(H,23,25);4-6H,1-3H3;4H,1-2H2,(H,5,6)(H2,7,8,9);1-3H3/q;;;+1/p-1. The maximum atomic E-state index is 14.3. The number of urea groups is 1. The van der Waals surface area contributed by atoms with Gasteiger partial charge in [-0.05, 0) is 88.6 Å². The molecule has 2 atom stereocenters. The summed E-state index contributed by atoms with van der Waals surface area (Å²) >= 11 is 8.67. The number of aliphatic carboxylic acids is 1. The molecule has 2 unspecified atom stereocenters. The van der Waals surface area contributed by atoms with E-state index >= 15 is 0 Å². The van der Waals surface area contributed by atoms with E-state index in [0.717, 1.165) is 42.0 Å². The lowest BCUT2D eigenvalue weighted by atomic mass is 9.76. The molecule has 0 saturated heterocycles. The monoisotopic (exact) mass is 1090 g/mol. The first-order chi connectivity index (χ1) is 31.2. The van der Waals surface area contributed by atoms with Crippen LogP contribution in [-0.2, 0) is 53.2 Å². The van der Waals surface area contributed by atoms with Gasteiger partial charge in [-0.25, -0.2) is 19.0 Å². The van der Waals surface area contributed by atoms with Crippen LogP contribution in [0.4, 0.5) is 28.0 Å². The van der Waals surface area contributed by atoms with Crippen LogP contribution in [0.2, 0.25) is 5.02 Å². The van der Waals surface area contributed by atoms with E-state index in [2.05, 4.69) is 59.0 Å². The van der Waals surface area contributed by atoms with E-state index < -0.39 is 66.4 Å². The Kier molecular flexibility index (Phi) is 22.3. The second-order valence-electron chi connectivity index (χ2n) is 16.1. The molecular formula is C43H56BrClF4N5O12PS. The molecule has 17 nitrogen and oxygen atoms in total. The fraction of sp³-hybridized carbons (Fsp3) is 0.442. The largest absolute Gasteiger partial charge is 0.778 e. The summed E-state index contributed by atoms with van der Waals surface area (Å²) in [6.07, 6.45) is 1.49. The Morgan fingerprint density at radius 3 is 2.13 bits per heavy atom. The Morgan fingerprint density at radius 2 is 1.65 bits per heavy atom. The summed E-state index contributed by atoms with van der Waals surface area (Å²) in [6, 6.07) is 14.4. The van der Waals surface area contributed by atoms with Crippen molar-refractivity contribution in [3.63, 3.8) is 0 Å². The number of hydroxylamine groups is 2. The number of rotatable bonds is 12. The number of carbonyl (C=O) groups excluding carboxylic acids is 2. The number of nitrogens with zero attached hydrogens (tertiary/aromatic N) is 3. The second kappa shape index (κ2) is 25.4. The summed E-state index contributed by atoms with van der Waals surface area (Å²) in [5, 5.41) is 17.3. The summed E-state index contributed by atoms with van der Waals surface area (Å²) in [4.78, 5) is 56.5. The number of aryl methyl sites for hydroxylation is 1. The summed E-state index contributed by atoms with van der Waals surface area (Å²) in [5.74, 6) is -1.51. The van der Waals surface area contributed by atoms with Gasteiger partial charge in [-0.15, -0.1) is 0 Å². The molecule has 1 aliphatic heterocycles. The first-order valence-electron chi connectivity index (χ1n) is 19.9. The number of carbonyl (C=O) groups is 3. The molecule has 0 aliphatic carbocycles. The average molecular weight is 1090 g/mol. The number of fused-ring (bicyclic) bond motifs is 1. The molecule has 1 aromatic heterocycles. The van der Waals surface area contributed by atoms with Crippen molar-refractivity contribution in [3.05, 3.63) is 86.7 Å². The number of amides is 2. The van der Waals surface area contributed by atoms with Crippen molar-refractivity contribution in [3.8, 4) is 28.5 Å². The van der Waals surface area contributed by atoms with Crippen LogP contribution in [-0.4, -0.2) is 108 Å². The van der Waals surface area contributed by atoms with Gasteiger partial charge in [0.2, 0.25) is 5.79 Å². The van der Waals surface area contributed by atoms with Gasteiger partial charge in [0.15, 0.2) is 5.69 Å². The van der Waals surface area contributed by atoms with Crippen molar-refractivity contribution < 1.29 is 75.2 Å². The molecule has 1 aliphatic rings. The van der Waals surface area contributed by atoms with Gasteiger partial charge in [0.25, 0.3) is 0 Å². The van der Waals surface area contributed by atoms with Crippen molar-refractivity contribution in [1.82, 2.24) is 20.2 Å². The van der Waals surface area contributed by atoms with Gasteiger partial charge >= 0.3 is 24.1 Å². The van der Waals surface area contributed by atoms with Crippen LogP contribution in [0.15, 0.2) is 59.1 Å². The van der Waals surface area contributed by atoms with E-state index in [-0.39, 0.29) is 33.3 Å². The van der Waals surface area contributed by atoms with E-state index in [9.17, 15) is 41.4 Å². The van der Waals surface area contributed by atoms with Gasteiger partial charge in [-0.3, -0.25) is 19.6 Å². The topological polar surface area (TPSA) is 223 Å². The minimum absolute atomic E-state index is 0.0773. The van der Waals surface area contributed by atoms with Crippen LogP contribution >= 0.6 is 35.1 Å². The van der Waals surface area contributed by atoms with E-state index in [0.29, 0.717) is 32.8 Å². The number of hydrogen-bond acceptors (Lipinski definition) is 12. The summed E-state index contributed by atoms with van der Waals surface area (Å²) < 4.78 is 86.3. The van der Waals surface area contributed by atoms with Crippen LogP contribution in [0.5, 0.6) is 17.2 Å². The predicted molar refractivity (Wildman–Crippen MR) is 253 cm³/mol. The SMILES string of the molecule is CC(C)OC(=O)c1cc(-c2nn(C)c(C(F)(F)F)c2Br)c(F)cc1Cl.CON(C)C(=O)Nc1ccc(Oc2ccc3c(c2)OC(C)(OC)CC3(C)C)cc1.C[S+](C)C.O=C(O)CNCP(=O)([O-])O. The third-order valence-electron chi connectivity index (χ3n) is 8.82. The van der Waals surface area contributed by atoms with Gasteiger partial charge < -0.3 is 43.7 Å². The highest BCUT2D eigenvalue weighted by molar-refractivity contribution is 9.10. The fourth-order valence-electron chi connectivity index (χ4n) is 5.96. The van der Waals surface area contributed by atoms with E-state index in [4.69, 9.17) is 45.4 Å². The first-order valence-corrected chi connectivity index (χ1v) is 25.3. The number of carboxylic acid groups (broad SMARTS) is 1. The number of hydrogen-bond donors (Lipinski definition) is 4. The zero-order valence-electron chi connectivity index (χ0n) is 39.3. The molecular weight excluding hydrogens is 1030 g/mol. The molecule has 0 saturated carbocycles. The van der Waals surface area contributed by atoms with Crippen molar-refractivity contribution in [2.45, 2.75) is 64.5 Å². The summed E-state index contributed by atoms with van der Waals surface area (Å²) in [6.45, 7) is 9.05. The minimum atomic E-state index is -4.69. The molecule has 0 spiro atoms. The second-order valence-corrected chi connectivity index (χ2v) is 21.4. The maximum absolute atomic E-state index is 14.3. The third-order valence-corrected chi connectivity index (χ3v) is 10.5. The lowest BCUT2D eigenvalue weighted by Gasteiger charge is -2.43. The normalized spacial score (nSPS) is 15.7. The van der Waals surface area contributed by atoms with E-state index in [1.807, 2.05) is 30.4 Å². The number of halogens is 6. The number of ether oxygens (including phenoxy) is 4. The van der Waals surface area contributed by atoms with Crippen LogP contribution in [0.3, 0.4) is 0 Å². The van der Waals surface area contributed by atoms with Crippen molar-refractivity contribution in [2.75, 3.05) is 58.2 Å². The molecule has 5 rings (SSSR count). The lowest BCUT2D eigenvalue weighted by molar-refractivity contribution is -0.193. The number of esters is 1. The predicted octanol–water partition coefficient (Wildman–Crippen LogP) is 8.81. The summed E-state index contributed by atoms with van der Waals surface area (Å²) in [5.41, 5.74) is -0.175. The van der Waals surface area contributed by atoms with Crippen LogP contribution in [0, 0.1) is 5.82 Å². The van der Waals surface area contributed by atoms with Gasteiger partial charge in [0.05, 0.1) is 59.9 Å². The van der Waals surface area contributed by atoms with Gasteiger partial charge in [-0.1, -0.05) is 31.5 Å². The highest BCUT2D eigenvalue weighted by atomic mass is 79.9. The van der Waals surface area contributed by atoms with Crippen LogP contribution in [0.1, 0.15) is 62.7 Å². The molecule has 25 heteroatoms. The zero-order chi connectivity index (χ0) is 52.1.